The number of fused-ring (bicyclic) bond motifs is 1. The Morgan fingerprint density at radius 2 is 2.15 bits per heavy atom. The van der Waals surface area contributed by atoms with Gasteiger partial charge in [-0.15, -0.1) is 0 Å². The molecule has 2 aromatic rings. The first-order chi connectivity index (χ1) is 9.47. The van der Waals surface area contributed by atoms with Gasteiger partial charge in [-0.2, -0.15) is 12.8 Å². The molecule has 5 nitrogen and oxygen atoms in total. The lowest BCUT2D eigenvalue weighted by Gasteiger charge is -2.09. The van der Waals surface area contributed by atoms with E-state index in [1.165, 1.54) is 18.3 Å². The summed E-state index contributed by atoms with van der Waals surface area (Å²) in [7, 11) is -4.44. The summed E-state index contributed by atoms with van der Waals surface area (Å²) in [6.07, 6.45) is 1.81. The summed E-state index contributed by atoms with van der Waals surface area (Å²) in [6, 6.07) is 5.89. The lowest BCUT2D eigenvalue weighted by Crippen LogP contribution is -2.02. The number of aromatic nitrogens is 1. The molecule has 7 heteroatoms. The molecule has 1 aliphatic rings. The maximum atomic E-state index is 13.7. The van der Waals surface area contributed by atoms with E-state index < -0.39 is 16.1 Å². The molecule has 104 valence electrons. The fourth-order valence-corrected chi connectivity index (χ4v) is 2.92. The van der Waals surface area contributed by atoms with Gasteiger partial charge in [0.15, 0.2) is 0 Å². The molecule has 0 radical (unpaired) electrons. The lowest BCUT2D eigenvalue weighted by molar-refractivity contribution is 0.346. The van der Waals surface area contributed by atoms with Gasteiger partial charge in [0.1, 0.15) is 10.6 Å². The second-order valence-electron chi connectivity index (χ2n) is 4.38. The first kappa shape index (κ1) is 13.0. The molecule has 0 aliphatic carbocycles. The van der Waals surface area contributed by atoms with Crippen molar-refractivity contribution < 1.29 is 22.1 Å². The normalized spacial score (nSPS) is 13.9. The van der Waals surface area contributed by atoms with Crippen LogP contribution in [0, 0.1) is 5.95 Å². The highest BCUT2D eigenvalue weighted by Crippen LogP contribution is 2.37. The summed E-state index contributed by atoms with van der Waals surface area (Å²) in [4.78, 5) is 3.19. The molecule has 1 N–H and O–H groups in total. The van der Waals surface area contributed by atoms with Gasteiger partial charge in [-0.05, 0) is 35.4 Å². The van der Waals surface area contributed by atoms with Gasteiger partial charge in [-0.1, -0.05) is 0 Å². The summed E-state index contributed by atoms with van der Waals surface area (Å²) in [6.45, 7) is 0.330. The monoisotopic (exact) mass is 295 g/mol. The van der Waals surface area contributed by atoms with E-state index in [1.54, 1.807) is 12.1 Å². The zero-order chi connectivity index (χ0) is 14.3. The molecule has 3 rings (SSSR count). The van der Waals surface area contributed by atoms with Gasteiger partial charge < -0.3 is 4.74 Å². The lowest BCUT2D eigenvalue weighted by atomic mass is 10.0. The average molecular weight is 295 g/mol. The molecule has 0 saturated heterocycles. The van der Waals surface area contributed by atoms with E-state index in [2.05, 4.69) is 4.98 Å². The maximum Gasteiger partial charge on any atom is 0.298 e. The smallest absolute Gasteiger partial charge is 0.298 e. The fourth-order valence-electron chi connectivity index (χ4n) is 2.22. The van der Waals surface area contributed by atoms with Crippen molar-refractivity contribution in [2.24, 2.45) is 0 Å². The highest BCUT2D eigenvalue weighted by atomic mass is 32.2. The number of nitrogens with zero attached hydrogens (tertiary/aromatic N) is 1. The molecule has 0 atom stereocenters. The van der Waals surface area contributed by atoms with Crippen molar-refractivity contribution in [3.63, 3.8) is 0 Å². The summed E-state index contributed by atoms with van der Waals surface area (Å²) < 4.78 is 51.1. The third-order valence-corrected chi connectivity index (χ3v) is 3.96. The second kappa shape index (κ2) is 4.53. The summed E-state index contributed by atoms with van der Waals surface area (Å²) in [5.74, 6) is -0.562. The number of hydrogen-bond acceptors (Lipinski definition) is 4. The van der Waals surface area contributed by atoms with E-state index in [9.17, 15) is 17.4 Å². The van der Waals surface area contributed by atoms with Crippen LogP contribution in [0.1, 0.15) is 5.56 Å². The predicted octanol–water partition coefficient (Wildman–Crippen LogP) is 2.07. The van der Waals surface area contributed by atoms with Crippen molar-refractivity contribution >= 4 is 10.1 Å². The topological polar surface area (TPSA) is 76.5 Å². The van der Waals surface area contributed by atoms with Crippen molar-refractivity contribution in [3.8, 4) is 16.9 Å². The van der Waals surface area contributed by atoms with Gasteiger partial charge in [0, 0.05) is 18.2 Å². The Bertz CT molecular complexity index is 789. The van der Waals surface area contributed by atoms with E-state index >= 15 is 0 Å². The van der Waals surface area contributed by atoms with Gasteiger partial charge >= 0.3 is 0 Å². The molecule has 0 spiro atoms. The van der Waals surface area contributed by atoms with Crippen LogP contribution in [0.15, 0.2) is 35.4 Å². The van der Waals surface area contributed by atoms with Crippen LogP contribution in [0.2, 0.25) is 0 Å². The molecule has 0 saturated carbocycles. The first-order valence-electron chi connectivity index (χ1n) is 5.85. The molecule has 1 aliphatic heterocycles. The van der Waals surface area contributed by atoms with Gasteiger partial charge in [-0.3, -0.25) is 4.55 Å². The number of ether oxygens (including phenoxy) is 1. The van der Waals surface area contributed by atoms with Gasteiger partial charge in [0.2, 0.25) is 5.95 Å². The third-order valence-electron chi connectivity index (χ3n) is 3.10. The zero-order valence-corrected chi connectivity index (χ0v) is 11.0. The molecular weight excluding hydrogens is 285 g/mol. The van der Waals surface area contributed by atoms with E-state index in [4.69, 9.17) is 4.74 Å². The van der Waals surface area contributed by atoms with Crippen molar-refractivity contribution in [1.29, 1.82) is 0 Å². The van der Waals surface area contributed by atoms with Gasteiger partial charge in [-0.25, -0.2) is 4.98 Å². The van der Waals surface area contributed by atoms with Crippen LogP contribution in [0.4, 0.5) is 4.39 Å². The highest BCUT2D eigenvalue weighted by molar-refractivity contribution is 7.86. The fraction of sp³-hybridized carbons (Fsp3) is 0.154. The molecule has 20 heavy (non-hydrogen) atoms. The van der Waals surface area contributed by atoms with Crippen LogP contribution in [0.25, 0.3) is 11.1 Å². The molecule has 2 heterocycles. The largest absolute Gasteiger partial charge is 0.491 e. The Labute approximate surface area is 114 Å². The van der Waals surface area contributed by atoms with Crippen LogP contribution < -0.4 is 4.74 Å². The Morgan fingerprint density at radius 3 is 2.85 bits per heavy atom. The zero-order valence-electron chi connectivity index (χ0n) is 10.2. The number of hydrogen-bond donors (Lipinski definition) is 1. The molecular formula is C13H10FNO4S. The molecule has 1 aromatic heterocycles. The van der Waals surface area contributed by atoms with Crippen LogP contribution in [0.5, 0.6) is 5.75 Å². The van der Waals surface area contributed by atoms with E-state index in [0.717, 1.165) is 0 Å². The number of halogens is 1. The molecule has 1 aromatic carbocycles. The van der Waals surface area contributed by atoms with Crippen LogP contribution in [0.3, 0.4) is 0 Å². The Kier molecular flexibility index (Phi) is 2.95. The van der Waals surface area contributed by atoms with Crippen molar-refractivity contribution in [1.82, 2.24) is 4.98 Å². The highest BCUT2D eigenvalue weighted by Gasteiger charge is 2.26. The van der Waals surface area contributed by atoms with Crippen molar-refractivity contribution in [2.45, 2.75) is 11.3 Å². The van der Waals surface area contributed by atoms with Crippen molar-refractivity contribution in [3.05, 3.63) is 42.0 Å². The maximum absolute atomic E-state index is 13.7. The quantitative estimate of drug-likeness (QED) is 0.678. The number of benzene rings is 1. The summed E-state index contributed by atoms with van der Waals surface area (Å²) in [5, 5.41) is 0. The van der Waals surface area contributed by atoms with Crippen LogP contribution in [-0.2, 0) is 16.5 Å². The van der Waals surface area contributed by atoms with Crippen LogP contribution in [-0.4, -0.2) is 24.6 Å². The minimum Gasteiger partial charge on any atom is -0.491 e. The number of rotatable bonds is 2. The molecule has 0 amide bonds. The summed E-state index contributed by atoms with van der Waals surface area (Å²) in [5.41, 5.74) is 1.14. The first-order valence-corrected chi connectivity index (χ1v) is 7.29. The summed E-state index contributed by atoms with van der Waals surface area (Å²) >= 11 is 0. The van der Waals surface area contributed by atoms with E-state index in [-0.39, 0.29) is 16.2 Å². The molecule has 0 bridgehead atoms. The predicted molar refractivity (Wildman–Crippen MR) is 68.6 cm³/mol. The average Bonchev–Trinajstić information content (AvgIpc) is 2.85. The molecule has 0 fully saturated rings. The van der Waals surface area contributed by atoms with Crippen LogP contribution >= 0.6 is 0 Å². The SMILES string of the molecule is O=S(=O)(O)c1cc(-c2cccnc2F)cc2c1OCC2. The standard InChI is InChI=1S/C13H10FNO4S/c14-13-10(2-1-4-15-13)9-6-8-3-5-19-12(8)11(7-9)20(16,17)18/h1-2,4,6-7H,3,5H2,(H,16,17,18). The third kappa shape index (κ3) is 2.14. The Balaban J connectivity index is 2.27. The minimum atomic E-state index is -4.44. The van der Waals surface area contributed by atoms with Gasteiger partial charge in [0.05, 0.1) is 6.61 Å². The van der Waals surface area contributed by atoms with E-state index in [0.29, 0.717) is 24.2 Å². The second-order valence-corrected chi connectivity index (χ2v) is 5.77. The minimum absolute atomic E-state index is 0.139. The number of pyridine rings is 1. The van der Waals surface area contributed by atoms with E-state index in [1.807, 2.05) is 0 Å². The Morgan fingerprint density at radius 1 is 1.35 bits per heavy atom. The molecule has 0 unspecified atom stereocenters. The van der Waals surface area contributed by atoms with Crippen molar-refractivity contribution in [2.75, 3.05) is 6.61 Å². The van der Waals surface area contributed by atoms with Gasteiger partial charge in [0.25, 0.3) is 10.1 Å². The Hall–Kier alpha value is -1.99.